The fraction of sp³-hybridized carbons (Fsp3) is 1.00. The molecule has 10 nitrogen and oxygen atoms in total. The standard InChI is InChI=1S/C19H43NO9P2/c1-17(2)20-12-8-7-11-19(15-21)16-28-30(22,23)26-13-9-5-6-10-14-27-31(24,25)29-18(3)4/h17-21H,5-16H2,1-4H3,(H,22,23)(H,24,25). The van der Waals surface area contributed by atoms with E-state index in [9.17, 15) is 24.0 Å². The van der Waals surface area contributed by atoms with E-state index in [1.54, 1.807) is 13.8 Å². The highest BCUT2D eigenvalue weighted by atomic mass is 31.2. The first-order valence-corrected chi connectivity index (χ1v) is 14.1. The van der Waals surface area contributed by atoms with Crippen molar-refractivity contribution in [1.82, 2.24) is 5.32 Å². The molecule has 0 aromatic heterocycles. The maximum absolute atomic E-state index is 11.9. The summed E-state index contributed by atoms with van der Waals surface area (Å²) in [6.07, 6.45) is 4.68. The van der Waals surface area contributed by atoms with Crippen molar-refractivity contribution in [3.63, 3.8) is 0 Å². The molecule has 0 aliphatic rings. The van der Waals surface area contributed by atoms with Gasteiger partial charge in [-0.1, -0.05) is 33.1 Å². The Hall–Kier alpha value is 0.140. The Labute approximate surface area is 187 Å². The van der Waals surface area contributed by atoms with E-state index in [1.165, 1.54) is 0 Å². The van der Waals surface area contributed by atoms with Crippen molar-refractivity contribution < 1.29 is 42.1 Å². The Kier molecular flexibility index (Phi) is 17.7. The predicted molar refractivity (Wildman–Crippen MR) is 120 cm³/mol. The summed E-state index contributed by atoms with van der Waals surface area (Å²) < 4.78 is 43.1. The summed E-state index contributed by atoms with van der Waals surface area (Å²) in [5, 5.41) is 12.7. The Morgan fingerprint density at radius 3 is 1.90 bits per heavy atom. The van der Waals surface area contributed by atoms with Gasteiger partial charge in [0, 0.05) is 18.6 Å². The van der Waals surface area contributed by atoms with Crippen LogP contribution in [-0.4, -0.2) is 60.0 Å². The zero-order valence-electron chi connectivity index (χ0n) is 19.4. The Morgan fingerprint density at radius 1 is 0.806 bits per heavy atom. The van der Waals surface area contributed by atoms with Crippen LogP contribution in [0.3, 0.4) is 0 Å². The largest absolute Gasteiger partial charge is 0.472 e. The van der Waals surface area contributed by atoms with E-state index in [-0.39, 0.29) is 32.3 Å². The average Bonchev–Trinajstić information content (AvgIpc) is 2.64. The van der Waals surface area contributed by atoms with Crippen LogP contribution < -0.4 is 5.32 Å². The minimum absolute atomic E-state index is 0.0289. The van der Waals surface area contributed by atoms with Crippen molar-refractivity contribution in [1.29, 1.82) is 0 Å². The first-order valence-electron chi connectivity index (χ1n) is 11.1. The van der Waals surface area contributed by atoms with Crippen molar-refractivity contribution in [2.24, 2.45) is 5.92 Å². The lowest BCUT2D eigenvalue weighted by atomic mass is 10.0. The molecule has 0 bridgehead atoms. The van der Waals surface area contributed by atoms with Gasteiger partial charge >= 0.3 is 15.6 Å². The zero-order valence-corrected chi connectivity index (χ0v) is 21.2. The SMILES string of the molecule is CC(C)NCCCCC(CO)COP(=O)(O)OCCCCCCOP(=O)(O)OC(C)C. The van der Waals surface area contributed by atoms with Crippen LogP contribution in [0.15, 0.2) is 0 Å². The molecule has 0 aliphatic heterocycles. The normalized spacial score (nSPS) is 17.1. The van der Waals surface area contributed by atoms with Crippen LogP contribution in [0, 0.1) is 5.92 Å². The second kappa shape index (κ2) is 17.6. The van der Waals surface area contributed by atoms with E-state index in [2.05, 4.69) is 19.2 Å². The van der Waals surface area contributed by atoms with Gasteiger partial charge in [0.05, 0.1) is 25.9 Å². The van der Waals surface area contributed by atoms with Gasteiger partial charge in [0.1, 0.15) is 0 Å². The third-order valence-electron chi connectivity index (χ3n) is 4.21. The van der Waals surface area contributed by atoms with Gasteiger partial charge in [0.2, 0.25) is 0 Å². The molecule has 31 heavy (non-hydrogen) atoms. The van der Waals surface area contributed by atoms with Gasteiger partial charge in [0.15, 0.2) is 0 Å². The van der Waals surface area contributed by atoms with Crippen LogP contribution in [0.25, 0.3) is 0 Å². The summed E-state index contributed by atoms with van der Waals surface area (Å²) in [5.74, 6) is -0.203. The molecular formula is C19H43NO9P2. The number of hydrogen-bond acceptors (Lipinski definition) is 8. The molecule has 3 unspecified atom stereocenters. The third-order valence-corrected chi connectivity index (χ3v) is 6.40. The monoisotopic (exact) mass is 491 g/mol. The van der Waals surface area contributed by atoms with Crippen LogP contribution in [0.4, 0.5) is 0 Å². The minimum Gasteiger partial charge on any atom is -0.396 e. The molecule has 0 aromatic carbocycles. The van der Waals surface area contributed by atoms with Crippen LogP contribution in [0.1, 0.15) is 72.6 Å². The molecule has 0 aromatic rings. The molecule has 3 atom stereocenters. The lowest BCUT2D eigenvalue weighted by molar-refractivity contribution is 0.102. The molecule has 4 N–H and O–H groups in total. The summed E-state index contributed by atoms with van der Waals surface area (Å²) >= 11 is 0. The molecule has 0 heterocycles. The second-order valence-corrected chi connectivity index (χ2v) is 11.0. The number of phosphoric acid groups is 2. The number of hydrogen-bond donors (Lipinski definition) is 4. The van der Waals surface area contributed by atoms with E-state index in [1.807, 2.05) is 0 Å². The van der Waals surface area contributed by atoms with E-state index in [4.69, 9.17) is 18.1 Å². The molecule has 0 fully saturated rings. The van der Waals surface area contributed by atoms with E-state index in [0.717, 1.165) is 19.4 Å². The molecule has 0 aliphatic carbocycles. The summed E-state index contributed by atoms with van der Waals surface area (Å²) in [6, 6.07) is 0.436. The maximum atomic E-state index is 11.9. The average molecular weight is 491 g/mol. The van der Waals surface area contributed by atoms with Gasteiger partial charge in [-0.3, -0.25) is 18.1 Å². The van der Waals surface area contributed by atoms with Crippen molar-refractivity contribution in [3.8, 4) is 0 Å². The fourth-order valence-electron chi connectivity index (χ4n) is 2.63. The first kappa shape index (κ1) is 31.1. The number of rotatable bonds is 21. The Morgan fingerprint density at radius 2 is 1.39 bits per heavy atom. The molecular weight excluding hydrogens is 448 g/mol. The lowest BCUT2D eigenvalue weighted by Crippen LogP contribution is -2.23. The summed E-state index contributed by atoms with van der Waals surface area (Å²) in [4.78, 5) is 19.2. The van der Waals surface area contributed by atoms with Crippen molar-refractivity contribution in [3.05, 3.63) is 0 Å². The molecule has 0 saturated heterocycles. The van der Waals surface area contributed by atoms with Gasteiger partial charge in [-0.25, -0.2) is 9.13 Å². The Bertz CT molecular complexity index is 535. The van der Waals surface area contributed by atoms with Crippen molar-refractivity contribution in [2.45, 2.75) is 84.8 Å². The van der Waals surface area contributed by atoms with Crippen molar-refractivity contribution in [2.75, 3.05) is 33.0 Å². The van der Waals surface area contributed by atoms with Gasteiger partial charge in [0.25, 0.3) is 0 Å². The lowest BCUT2D eigenvalue weighted by Gasteiger charge is -2.17. The summed E-state index contributed by atoms with van der Waals surface area (Å²) in [7, 11) is -8.15. The number of phosphoric ester groups is 2. The van der Waals surface area contributed by atoms with Crippen LogP contribution in [0.5, 0.6) is 0 Å². The molecule has 0 saturated carbocycles. The molecule has 188 valence electrons. The second-order valence-electron chi connectivity index (χ2n) is 8.12. The smallest absolute Gasteiger partial charge is 0.396 e. The zero-order chi connectivity index (χ0) is 23.8. The van der Waals surface area contributed by atoms with Gasteiger partial charge in [-0.2, -0.15) is 0 Å². The van der Waals surface area contributed by atoms with Gasteiger partial charge in [-0.15, -0.1) is 0 Å². The number of nitrogens with one attached hydrogen (secondary N) is 1. The van der Waals surface area contributed by atoms with Gasteiger partial charge < -0.3 is 20.2 Å². The van der Waals surface area contributed by atoms with E-state index >= 15 is 0 Å². The van der Waals surface area contributed by atoms with E-state index in [0.29, 0.717) is 38.1 Å². The molecule has 12 heteroatoms. The third kappa shape index (κ3) is 20.5. The highest BCUT2D eigenvalue weighted by Gasteiger charge is 2.23. The first-order chi connectivity index (χ1) is 14.5. The topological polar surface area (TPSA) is 144 Å². The van der Waals surface area contributed by atoms with Crippen molar-refractivity contribution >= 4 is 15.6 Å². The van der Waals surface area contributed by atoms with Crippen LogP contribution in [-0.2, 0) is 27.2 Å². The van der Waals surface area contributed by atoms with Crippen LogP contribution >= 0.6 is 15.6 Å². The highest BCUT2D eigenvalue weighted by molar-refractivity contribution is 7.47. The summed E-state index contributed by atoms with van der Waals surface area (Å²) in [6.45, 7) is 8.37. The molecule has 0 radical (unpaired) electrons. The number of aliphatic hydroxyl groups excluding tert-OH is 1. The highest BCUT2D eigenvalue weighted by Crippen LogP contribution is 2.45. The summed E-state index contributed by atoms with van der Waals surface area (Å²) in [5.41, 5.74) is 0. The van der Waals surface area contributed by atoms with Crippen LogP contribution in [0.2, 0.25) is 0 Å². The molecule has 0 spiro atoms. The fourth-order valence-corrected chi connectivity index (χ4v) is 4.41. The van der Waals surface area contributed by atoms with Gasteiger partial charge in [-0.05, 0) is 46.1 Å². The minimum atomic E-state index is -4.15. The number of aliphatic hydroxyl groups is 1. The maximum Gasteiger partial charge on any atom is 0.472 e. The quantitative estimate of drug-likeness (QED) is 0.137. The number of unbranched alkanes of at least 4 members (excludes halogenated alkanes) is 4. The van der Waals surface area contributed by atoms with E-state index < -0.39 is 21.7 Å². The predicted octanol–water partition coefficient (Wildman–Crippen LogP) is 4.00. The molecule has 0 rings (SSSR count). The Balaban J connectivity index is 3.81. The molecule has 0 amide bonds.